The summed E-state index contributed by atoms with van der Waals surface area (Å²) in [6.45, 7) is 3.13. The van der Waals surface area contributed by atoms with Crippen LogP contribution in [0, 0.1) is 12.3 Å². The van der Waals surface area contributed by atoms with Gasteiger partial charge in [-0.05, 0) is 35.7 Å². The molecule has 1 unspecified atom stereocenters. The molecule has 0 amide bonds. The predicted octanol–water partition coefficient (Wildman–Crippen LogP) is 4.29. The topological polar surface area (TPSA) is 12.0 Å². The van der Waals surface area contributed by atoms with Crippen molar-refractivity contribution in [2.75, 3.05) is 6.54 Å². The van der Waals surface area contributed by atoms with Crippen molar-refractivity contribution in [3.63, 3.8) is 0 Å². The van der Waals surface area contributed by atoms with Crippen LogP contribution in [0.4, 0.5) is 0 Å². The number of rotatable bonds is 6. The highest BCUT2D eigenvalue weighted by Gasteiger charge is 2.12. The van der Waals surface area contributed by atoms with E-state index in [2.05, 4.69) is 60.6 Å². The van der Waals surface area contributed by atoms with Crippen LogP contribution in [0.15, 0.2) is 42.5 Å². The Balaban J connectivity index is 2.30. The van der Waals surface area contributed by atoms with Crippen molar-refractivity contribution in [2.24, 2.45) is 0 Å². The first-order valence-electron chi connectivity index (χ1n) is 7.01. The highest BCUT2D eigenvalue weighted by Crippen LogP contribution is 2.27. The molecule has 98 valence electrons. The number of unbranched alkanes of at least 4 members (excludes halogenated alkanes) is 1. The van der Waals surface area contributed by atoms with Crippen LogP contribution in [0.25, 0.3) is 10.8 Å². The summed E-state index contributed by atoms with van der Waals surface area (Å²) in [5.41, 5.74) is 1.39. The van der Waals surface area contributed by atoms with Gasteiger partial charge < -0.3 is 5.32 Å². The van der Waals surface area contributed by atoms with Crippen LogP contribution in [0.1, 0.15) is 37.8 Å². The second kappa shape index (κ2) is 6.97. The maximum absolute atomic E-state index is 5.35. The zero-order valence-electron chi connectivity index (χ0n) is 11.5. The standard InChI is InChI=1S/C18H21N/c1-3-5-6-14-18(19-4-2)17-13-9-11-15-10-7-8-12-16(15)17/h1,7-13,18-19H,4-6,14H2,2H3. The van der Waals surface area contributed by atoms with E-state index in [1.807, 2.05) is 0 Å². The molecule has 19 heavy (non-hydrogen) atoms. The Morgan fingerprint density at radius 2 is 1.95 bits per heavy atom. The molecule has 0 saturated carbocycles. The molecular weight excluding hydrogens is 230 g/mol. The number of hydrogen-bond acceptors (Lipinski definition) is 1. The number of benzene rings is 2. The molecule has 1 atom stereocenters. The zero-order chi connectivity index (χ0) is 13.5. The van der Waals surface area contributed by atoms with Crippen LogP contribution in [0.3, 0.4) is 0 Å². The molecule has 0 saturated heterocycles. The summed E-state index contributed by atoms with van der Waals surface area (Å²) < 4.78 is 0. The number of nitrogens with one attached hydrogen (secondary N) is 1. The summed E-state index contributed by atoms with van der Waals surface area (Å²) >= 11 is 0. The van der Waals surface area contributed by atoms with Gasteiger partial charge in [-0.2, -0.15) is 0 Å². The monoisotopic (exact) mass is 251 g/mol. The summed E-state index contributed by atoms with van der Waals surface area (Å²) in [4.78, 5) is 0. The van der Waals surface area contributed by atoms with Gasteiger partial charge in [0.05, 0.1) is 0 Å². The van der Waals surface area contributed by atoms with Gasteiger partial charge in [0, 0.05) is 12.5 Å². The van der Waals surface area contributed by atoms with Gasteiger partial charge in [-0.15, -0.1) is 12.3 Å². The molecule has 1 nitrogen and oxygen atoms in total. The van der Waals surface area contributed by atoms with Crippen molar-refractivity contribution in [2.45, 2.75) is 32.2 Å². The quantitative estimate of drug-likeness (QED) is 0.596. The third-order valence-corrected chi connectivity index (χ3v) is 3.46. The van der Waals surface area contributed by atoms with E-state index in [1.165, 1.54) is 16.3 Å². The highest BCUT2D eigenvalue weighted by atomic mass is 14.9. The summed E-state index contributed by atoms with van der Waals surface area (Å²) in [5, 5.41) is 6.23. The number of terminal acetylenes is 1. The van der Waals surface area contributed by atoms with E-state index in [4.69, 9.17) is 6.42 Å². The molecule has 0 spiro atoms. The van der Waals surface area contributed by atoms with Crippen molar-refractivity contribution in [3.05, 3.63) is 48.0 Å². The summed E-state index contributed by atoms with van der Waals surface area (Å²) in [6, 6.07) is 15.5. The highest BCUT2D eigenvalue weighted by molar-refractivity contribution is 5.86. The first kappa shape index (κ1) is 13.6. The third kappa shape index (κ3) is 3.36. The van der Waals surface area contributed by atoms with E-state index in [9.17, 15) is 0 Å². The van der Waals surface area contributed by atoms with Crippen molar-refractivity contribution >= 4 is 10.8 Å². The lowest BCUT2D eigenvalue weighted by atomic mass is 9.95. The van der Waals surface area contributed by atoms with Gasteiger partial charge >= 0.3 is 0 Å². The molecule has 1 heteroatoms. The fourth-order valence-corrected chi connectivity index (χ4v) is 2.58. The van der Waals surface area contributed by atoms with Crippen molar-refractivity contribution in [3.8, 4) is 12.3 Å². The predicted molar refractivity (Wildman–Crippen MR) is 83.0 cm³/mol. The maximum atomic E-state index is 5.35. The zero-order valence-corrected chi connectivity index (χ0v) is 11.5. The second-order valence-corrected chi connectivity index (χ2v) is 4.77. The van der Waals surface area contributed by atoms with Crippen LogP contribution in [0.5, 0.6) is 0 Å². The van der Waals surface area contributed by atoms with Gasteiger partial charge in [-0.3, -0.25) is 0 Å². The first-order chi connectivity index (χ1) is 9.36. The Bertz CT molecular complexity index is 560. The molecule has 1 N–H and O–H groups in total. The Morgan fingerprint density at radius 3 is 2.74 bits per heavy atom. The lowest BCUT2D eigenvalue weighted by Gasteiger charge is -2.20. The minimum Gasteiger partial charge on any atom is -0.310 e. The molecule has 0 aliphatic carbocycles. The van der Waals surface area contributed by atoms with Crippen molar-refractivity contribution < 1.29 is 0 Å². The SMILES string of the molecule is C#CCCCC(NCC)c1cccc2ccccc12. The molecule has 0 aliphatic rings. The van der Waals surface area contributed by atoms with Crippen LogP contribution < -0.4 is 5.32 Å². The average Bonchev–Trinajstić information content (AvgIpc) is 2.46. The largest absolute Gasteiger partial charge is 0.310 e. The van der Waals surface area contributed by atoms with E-state index in [0.717, 1.165) is 25.8 Å². The lowest BCUT2D eigenvalue weighted by Crippen LogP contribution is -2.21. The van der Waals surface area contributed by atoms with Crippen LogP contribution in [0.2, 0.25) is 0 Å². The molecule has 0 aromatic heterocycles. The average molecular weight is 251 g/mol. The van der Waals surface area contributed by atoms with E-state index < -0.39 is 0 Å². The second-order valence-electron chi connectivity index (χ2n) is 4.77. The molecule has 2 aromatic carbocycles. The van der Waals surface area contributed by atoms with Crippen molar-refractivity contribution in [1.82, 2.24) is 5.32 Å². The molecule has 2 aromatic rings. The van der Waals surface area contributed by atoms with Gasteiger partial charge in [0.25, 0.3) is 0 Å². The minimum absolute atomic E-state index is 0.393. The van der Waals surface area contributed by atoms with Gasteiger partial charge in [0.1, 0.15) is 0 Å². The van der Waals surface area contributed by atoms with Gasteiger partial charge in [0.15, 0.2) is 0 Å². The molecule has 0 fully saturated rings. The smallest absolute Gasteiger partial charge is 0.0326 e. The molecule has 0 heterocycles. The fraction of sp³-hybridized carbons (Fsp3) is 0.333. The van der Waals surface area contributed by atoms with E-state index >= 15 is 0 Å². The van der Waals surface area contributed by atoms with Crippen LogP contribution in [-0.4, -0.2) is 6.54 Å². The summed E-state index contributed by atoms with van der Waals surface area (Å²) in [5.74, 6) is 2.73. The molecule has 0 bridgehead atoms. The first-order valence-corrected chi connectivity index (χ1v) is 7.01. The molecule has 0 radical (unpaired) electrons. The minimum atomic E-state index is 0.393. The van der Waals surface area contributed by atoms with E-state index in [0.29, 0.717) is 6.04 Å². The Hall–Kier alpha value is -1.78. The van der Waals surface area contributed by atoms with Gasteiger partial charge in [-0.25, -0.2) is 0 Å². The van der Waals surface area contributed by atoms with Crippen LogP contribution in [-0.2, 0) is 0 Å². The van der Waals surface area contributed by atoms with Crippen LogP contribution >= 0.6 is 0 Å². The lowest BCUT2D eigenvalue weighted by molar-refractivity contribution is 0.505. The molecular formula is C18H21N. The van der Waals surface area contributed by atoms with Gasteiger partial charge in [-0.1, -0.05) is 49.4 Å². The van der Waals surface area contributed by atoms with Gasteiger partial charge in [0.2, 0.25) is 0 Å². The Morgan fingerprint density at radius 1 is 1.16 bits per heavy atom. The molecule has 0 aliphatic heterocycles. The fourth-order valence-electron chi connectivity index (χ4n) is 2.58. The molecule has 2 rings (SSSR count). The normalized spacial score (nSPS) is 12.2. The Labute approximate surface area is 116 Å². The summed E-state index contributed by atoms with van der Waals surface area (Å²) in [6.07, 6.45) is 8.36. The summed E-state index contributed by atoms with van der Waals surface area (Å²) in [7, 11) is 0. The Kier molecular flexibility index (Phi) is 5.01. The van der Waals surface area contributed by atoms with E-state index in [1.54, 1.807) is 0 Å². The maximum Gasteiger partial charge on any atom is 0.0326 e. The third-order valence-electron chi connectivity index (χ3n) is 3.46. The van der Waals surface area contributed by atoms with Crippen molar-refractivity contribution in [1.29, 1.82) is 0 Å². The number of hydrogen-bond donors (Lipinski definition) is 1. The number of fused-ring (bicyclic) bond motifs is 1. The van der Waals surface area contributed by atoms with E-state index in [-0.39, 0.29) is 0 Å².